The number of carbonyl (C=O) groups excluding carboxylic acids is 3. The summed E-state index contributed by atoms with van der Waals surface area (Å²) in [6, 6.07) is 19.6. The number of aryl methyl sites for hydroxylation is 1. The second-order valence-electron chi connectivity index (χ2n) is 11.5. The number of carbonyl (C=O) groups is 3. The molecule has 5 rings (SSSR count). The molecule has 1 atom stereocenters. The van der Waals surface area contributed by atoms with Gasteiger partial charge in [0.2, 0.25) is 5.91 Å². The van der Waals surface area contributed by atoms with Crippen molar-refractivity contribution in [2.45, 2.75) is 64.5 Å². The number of rotatable bonds is 10. The van der Waals surface area contributed by atoms with E-state index in [1.54, 1.807) is 6.07 Å². The normalized spacial score (nSPS) is 14.0. The summed E-state index contributed by atoms with van der Waals surface area (Å²) in [5, 5.41) is 6.00. The molecule has 0 radical (unpaired) electrons. The highest BCUT2D eigenvalue weighted by Crippen LogP contribution is 2.36. The molecule has 1 heterocycles. The number of aromatic nitrogens is 1. The lowest BCUT2D eigenvalue weighted by Gasteiger charge is -2.32. The Hall–Kier alpha value is -4.57. The third kappa shape index (κ3) is 7.39. The zero-order chi connectivity index (χ0) is 31.9. The average Bonchev–Trinajstić information content (AvgIpc) is 3.44. The van der Waals surface area contributed by atoms with Crippen LogP contribution < -0.4 is 21.3 Å². The molecule has 10 heteroatoms. The van der Waals surface area contributed by atoms with Gasteiger partial charge in [0.15, 0.2) is 5.69 Å². The first kappa shape index (κ1) is 31.8. The summed E-state index contributed by atoms with van der Waals surface area (Å²) in [6.07, 6.45) is 5.60. The quantitative estimate of drug-likeness (QED) is 0.191. The first-order valence-corrected chi connectivity index (χ1v) is 16.0. The molecule has 1 aliphatic carbocycles. The van der Waals surface area contributed by atoms with Gasteiger partial charge in [0.25, 0.3) is 11.8 Å². The van der Waals surface area contributed by atoms with Gasteiger partial charge in [-0.25, -0.2) is 4.39 Å². The Balaban J connectivity index is 1.52. The summed E-state index contributed by atoms with van der Waals surface area (Å²) in [5.41, 5.74) is 10.1. The lowest BCUT2D eigenvalue weighted by molar-refractivity contribution is -0.122. The van der Waals surface area contributed by atoms with Crippen LogP contribution >= 0.6 is 11.5 Å². The Morgan fingerprint density at radius 3 is 2.40 bits per heavy atom. The van der Waals surface area contributed by atoms with Gasteiger partial charge >= 0.3 is 0 Å². The van der Waals surface area contributed by atoms with E-state index >= 15 is 0 Å². The zero-order valence-corrected chi connectivity index (χ0v) is 26.3. The molecule has 1 fully saturated rings. The van der Waals surface area contributed by atoms with Crippen molar-refractivity contribution in [3.05, 3.63) is 111 Å². The van der Waals surface area contributed by atoms with Gasteiger partial charge in [-0.3, -0.25) is 19.3 Å². The number of anilines is 2. The second-order valence-corrected chi connectivity index (χ2v) is 12.2. The van der Waals surface area contributed by atoms with E-state index in [4.69, 9.17) is 5.73 Å². The fourth-order valence-corrected chi connectivity index (χ4v) is 6.46. The molecule has 0 saturated heterocycles. The molecular formula is C35H38FN5O3S. The largest absolute Gasteiger partial charge is 0.395 e. The minimum Gasteiger partial charge on any atom is -0.395 e. The van der Waals surface area contributed by atoms with Crippen molar-refractivity contribution in [3.8, 4) is 0 Å². The molecule has 4 aromatic rings. The smallest absolute Gasteiger partial charge is 0.273 e. The SMILES string of the molecule is Cc1cccc(N(C(=O)c2snc(C(=O)NC3CCCCC3)c2N)[C@H](C(=O)NCCc2ccccc2)c2ccc(F)cc2)c1C. The lowest BCUT2D eigenvalue weighted by Crippen LogP contribution is -2.45. The molecule has 3 aromatic carbocycles. The monoisotopic (exact) mass is 627 g/mol. The van der Waals surface area contributed by atoms with Crippen molar-refractivity contribution in [2.75, 3.05) is 17.2 Å². The third-order valence-electron chi connectivity index (χ3n) is 8.38. The van der Waals surface area contributed by atoms with Gasteiger partial charge in [-0.05, 0) is 85.1 Å². The standard InChI is InChI=1S/C35H38FN5O3S/c1-22-10-9-15-28(23(22)2)41(35(44)32-29(37)30(40-45-32)33(42)39-27-13-7-4-8-14-27)31(25-16-18-26(36)19-17-25)34(43)38-21-20-24-11-5-3-6-12-24/h3,5-6,9-12,15-19,27,31H,4,7-8,13-14,20-21,37H2,1-2H3,(H,38,43)(H,39,42)/t31-/m0/s1. The molecule has 234 valence electrons. The van der Waals surface area contributed by atoms with Crippen molar-refractivity contribution in [3.63, 3.8) is 0 Å². The predicted octanol–water partition coefficient (Wildman–Crippen LogP) is 6.29. The van der Waals surface area contributed by atoms with E-state index in [0.29, 0.717) is 24.2 Å². The highest BCUT2D eigenvalue weighted by atomic mass is 32.1. The first-order valence-electron chi connectivity index (χ1n) is 15.3. The Morgan fingerprint density at radius 1 is 0.978 bits per heavy atom. The summed E-state index contributed by atoms with van der Waals surface area (Å²) in [4.78, 5) is 43.3. The fraction of sp³-hybridized carbons (Fsp3) is 0.314. The minimum atomic E-state index is -1.17. The Morgan fingerprint density at radius 2 is 1.69 bits per heavy atom. The van der Waals surface area contributed by atoms with Crippen LogP contribution in [-0.2, 0) is 11.2 Å². The maximum Gasteiger partial charge on any atom is 0.273 e. The number of amides is 3. The first-order chi connectivity index (χ1) is 21.7. The topological polar surface area (TPSA) is 117 Å². The molecule has 0 bridgehead atoms. The summed E-state index contributed by atoms with van der Waals surface area (Å²) < 4.78 is 18.4. The molecule has 1 aliphatic rings. The van der Waals surface area contributed by atoms with Crippen LogP contribution in [0.4, 0.5) is 15.8 Å². The van der Waals surface area contributed by atoms with Crippen LogP contribution in [0.5, 0.6) is 0 Å². The Labute approximate surface area is 267 Å². The third-order valence-corrected chi connectivity index (χ3v) is 9.23. The van der Waals surface area contributed by atoms with E-state index in [1.807, 2.05) is 56.3 Å². The summed E-state index contributed by atoms with van der Waals surface area (Å²) in [5.74, 6) is -1.90. The van der Waals surface area contributed by atoms with Gasteiger partial charge in [0.1, 0.15) is 16.7 Å². The predicted molar refractivity (Wildman–Crippen MR) is 176 cm³/mol. The summed E-state index contributed by atoms with van der Waals surface area (Å²) in [6.45, 7) is 4.12. The van der Waals surface area contributed by atoms with Gasteiger partial charge in [0, 0.05) is 18.3 Å². The van der Waals surface area contributed by atoms with Crippen LogP contribution in [0, 0.1) is 19.7 Å². The van der Waals surface area contributed by atoms with Gasteiger partial charge in [0.05, 0.1) is 5.69 Å². The Bertz CT molecular complexity index is 1650. The highest BCUT2D eigenvalue weighted by molar-refractivity contribution is 7.09. The molecule has 3 amide bonds. The molecule has 4 N–H and O–H groups in total. The van der Waals surface area contributed by atoms with E-state index in [1.165, 1.54) is 29.2 Å². The van der Waals surface area contributed by atoms with Crippen molar-refractivity contribution in [1.29, 1.82) is 0 Å². The molecular weight excluding hydrogens is 589 g/mol. The second kappa shape index (κ2) is 14.5. The van der Waals surface area contributed by atoms with Crippen LogP contribution in [0.3, 0.4) is 0 Å². The number of benzene rings is 3. The maximum absolute atomic E-state index is 14.6. The van der Waals surface area contributed by atoms with E-state index in [-0.39, 0.29) is 22.3 Å². The molecule has 0 spiro atoms. The van der Waals surface area contributed by atoms with Crippen LogP contribution in [0.2, 0.25) is 0 Å². The maximum atomic E-state index is 14.6. The van der Waals surface area contributed by atoms with E-state index in [2.05, 4.69) is 15.0 Å². The molecule has 1 saturated carbocycles. The van der Waals surface area contributed by atoms with Gasteiger partial charge < -0.3 is 16.4 Å². The Kier molecular flexibility index (Phi) is 10.2. The van der Waals surface area contributed by atoms with Gasteiger partial charge in [-0.1, -0.05) is 73.9 Å². The number of nitrogens with zero attached hydrogens (tertiary/aromatic N) is 2. The van der Waals surface area contributed by atoms with Crippen molar-refractivity contribution in [2.24, 2.45) is 0 Å². The fourth-order valence-electron chi connectivity index (χ4n) is 5.72. The minimum absolute atomic E-state index is 0.000447. The molecule has 45 heavy (non-hydrogen) atoms. The molecule has 8 nitrogen and oxygen atoms in total. The van der Waals surface area contributed by atoms with Gasteiger partial charge in [-0.15, -0.1) is 0 Å². The van der Waals surface area contributed by atoms with Crippen LogP contribution in [0.25, 0.3) is 0 Å². The molecule has 0 aliphatic heterocycles. The van der Waals surface area contributed by atoms with E-state index in [9.17, 15) is 18.8 Å². The number of hydrogen-bond acceptors (Lipinski definition) is 6. The average molecular weight is 628 g/mol. The zero-order valence-electron chi connectivity index (χ0n) is 25.5. The van der Waals surface area contributed by atoms with Crippen molar-refractivity contribution >= 4 is 40.6 Å². The number of nitrogens with one attached hydrogen (secondary N) is 2. The van der Waals surface area contributed by atoms with Crippen LogP contribution in [0.15, 0.2) is 72.8 Å². The number of hydrogen-bond donors (Lipinski definition) is 3. The summed E-state index contributed by atoms with van der Waals surface area (Å²) in [7, 11) is 0. The van der Waals surface area contributed by atoms with Crippen LogP contribution in [-0.4, -0.2) is 34.7 Å². The van der Waals surface area contributed by atoms with Crippen molar-refractivity contribution in [1.82, 2.24) is 15.0 Å². The number of nitrogen functional groups attached to an aromatic ring is 1. The lowest BCUT2D eigenvalue weighted by atomic mass is 9.95. The van der Waals surface area contributed by atoms with Gasteiger partial charge in [-0.2, -0.15) is 4.37 Å². The molecule has 0 unspecified atom stereocenters. The molecule has 1 aromatic heterocycles. The summed E-state index contributed by atoms with van der Waals surface area (Å²) >= 11 is 0.831. The van der Waals surface area contributed by atoms with Crippen LogP contribution in [0.1, 0.15) is 80.6 Å². The van der Waals surface area contributed by atoms with Crippen molar-refractivity contribution < 1.29 is 18.8 Å². The van der Waals surface area contributed by atoms with E-state index < -0.39 is 29.6 Å². The number of halogens is 1. The van der Waals surface area contributed by atoms with E-state index in [0.717, 1.165) is 60.3 Å². The number of nitrogens with two attached hydrogens (primary N) is 1. The highest BCUT2D eigenvalue weighted by Gasteiger charge is 2.37.